The van der Waals surface area contributed by atoms with Gasteiger partial charge in [-0.05, 0) is 130 Å². The van der Waals surface area contributed by atoms with E-state index in [-0.39, 0.29) is 5.41 Å². The van der Waals surface area contributed by atoms with Gasteiger partial charge in [0.2, 0.25) is 0 Å². The Morgan fingerprint density at radius 3 is 1.89 bits per heavy atom. The van der Waals surface area contributed by atoms with E-state index >= 15 is 0 Å². The van der Waals surface area contributed by atoms with E-state index in [2.05, 4.69) is 193 Å². The van der Waals surface area contributed by atoms with Gasteiger partial charge in [0, 0.05) is 42.5 Å². The van der Waals surface area contributed by atoms with Crippen LogP contribution in [0.2, 0.25) is 0 Å². The summed E-state index contributed by atoms with van der Waals surface area (Å²) in [5.74, 6) is 1.61. The van der Waals surface area contributed by atoms with Crippen molar-refractivity contribution in [3.63, 3.8) is 0 Å². The van der Waals surface area contributed by atoms with Crippen molar-refractivity contribution in [2.24, 2.45) is 11.8 Å². The molecule has 1 spiro atoms. The van der Waals surface area contributed by atoms with Crippen molar-refractivity contribution < 1.29 is 0 Å². The van der Waals surface area contributed by atoms with Crippen LogP contribution in [-0.4, -0.2) is 0 Å². The number of anilines is 3. The zero-order chi connectivity index (χ0) is 37.5. The van der Waals surface area contributed by atoms with Gasteiger partial charge in [-0.3, -0.25) is 0 Å². The van der Waals surface area contributed by atoms with Gasteiger partial charge in [-0.25, -0.2) is 0 Å². The van der Waals surface area contributed by atoms with Crippen LogP contribution in [0, 0.1) is 11.8 Å². The van der Waals surface area contributed by atoms with Crippen molar-refractivity contribution in [3.8, 4) is 44.5 Å². The first-order chi connectivity index (χ1) is 28.2. The minimum atomic E-state index is 0.173. The molecule has 1 nitrogen and oxygen atoms in total. The lowest BCUT2D eigenvalue weighted by atomic mass is 9.66. The first kappa shape index (κ1) is 33.0. The Labute approximate surface area is 338 Å². The van der Waals surface area contributed by atoms with E-state index in [9.17, 15) is 0 Å². The van der Waals surface area contributed by atoms with E-state index in [1.807, 2.05) is 11.3 Å². The van der Waals surface area contributed by atoms with E-state index in [4.69, 9.17) is 0 Å². The van der Waals surface area contributed by atoms with E-state index < -0.39 is 0 Å². The Hall–Kier alpha value is -6.22. The quantitative estimate of drug-likeness (QED) is 0.164. The Kier molecular flexibility index (Phi) is 7.47. The zero-order valence-corrected chi connectivity index (χ0v) is 32.6. The van der Waals surface area contributed by atoms with Crippen LogP contribution in [0.4, 0.5) is 17.1 Å². The third-order valence-electron chi connectivity index (χ3n) is 13.6. The largest absolute Gasteiger partial charge is 0.310 e. The predicted octanol–water partition coefficient (Wildman–Crippen LogP) is 15.6. The van der Waals surface area contributed by atoms with Crippen molar-refractivity contribution in [1.29, 1.82) is 0 Å². The fourth-order valence-corrected chi connectivity index (χ4v) is 12.2. The van der Waals surface area contributed by atoms with Gasteiger partial charge in [0.1, 0.15) is 0 Å². The van der Waals surface area contributed by atoms with Crippen molar-refractivity contribution >= 4 is 48.6 Å². The van der Waals surface area contributed by atoms with Crippen LogP contribution >= 0.6 is 11.3 Å². The molecule has 1 heterocycles. The topological polar surface area (TPSA) is 3.24 Å². The minimum Gasteiger partial charge on any atom is -0.310 e. The molecule has 2 fully saturated rings. The highest BCUT2D eigenvalue weighted by Crippen LogP contribution is 2.66. The van der Waals surface area contributed by atoms with Crippen LogP contribution in [0.3, 0.4) is 0 Å². The van der Waals surface area contributed by atoms with Crippen LogP contribution in [0.25, 0.3) is 64.7 Å². The van der Waals surface area contributed by atoms with Gasteiger partial charge in [0.25, 0.3) is 0 Å². The molecule has 3 atom stereocenters. The highest BCUT2D eigenvalue weighted by molar-refractivity contribution is 7.25. The Bertz CT molecular complexity index is 2980. The monoisotopic (exact) mass is 747 g/mol. The summed E-state index contributed by atoms with van der Waals surface area (Å²) in [7, 11) is 0. The summed E-state index contributed by atoms with van der Waals surface area (Å²) in [6, 6.07) is 70.4. The second-order valence-electron chi connectivity index (χ2n) is 16.5. The number of fused-ring (bicyclic) bond motifs is 11. The first-order valence-corrected chi connectivity index (χ1v) is 21.3. The molecule has 3 aliphatic carbocycles. The molecule has 57 heavy (non-hydrogen) atoms. The number of hydrogen-bond donors (Lipinski definition) is 0. The van der Waals surface area contributed by atoms with Gasteiger partial charge in [-0.2, -0.15) is 0 Å². The molecule has 12 rings (SSSR count). The zero-order valence-electron chi connectivity index (χ0n) is 31.7. The summed E-state index contributed by atoms with van der Waals surface area (Å²) < 4.78 is 2.62. The maximum absolute atomic E-state index is 2.56. The molecular formula is C55H41NS. The number of hydrogen-bond acceptors (Lipinski definition) is 2. The van der Waals surface area contributed by atoms with E-state index in [0.29, 0.717) is 0 Å². The molecule has 272 valence electrons. The van der Waals surface area contributed by atoms with Gasteiger partial charge in [0.15, 0.2) is 0 Å². The molecule has 8 aromatic carbocycles. The SMILES string of the molecule is c1ccc(-c2ccc(N(c3ccc(-c4ccc5c(c4)C4(CC6CCC4C6)c4ccccc4-5)cc3)c3ccc4c(c3)sc3ccccc34)c(-c3ccccc3)c2)cc1. The third kappa shape index (κ3) is 5.13. The van der Waals surface area contributed by atoms with Crippen LogP contribution in [0.5, 0.6) is 0 Å². The standard InChI is InChI=1S/C55H41NS/c1-3-11-37(12-4-1)40-23-30-52(49(32-40)39-13-5-2-6-14-39)56(44-27-29-48-47-16-8-10-18-53(47)57-54(48)34-44)43-25-20-38(21-26-43)41-22-28-46-45-15-7-9-17-50(45)55(51(46)33-41)35-36-19-24-42(55)31-36/h1-18,20-23,25-30,32-34,36,42H,19,24,31,35H2. The Balaban J connectivity index is 1.00. The van der Waals surface area contributed by atoms with Gasteiger partial charge in [-0.1, -0.05) is 146 Å². The van der Waals surface area contributed by atoms with E-state index in [0.717, 1.165) is 28.9 Å². The summed E-state index contributed by atoms with van der Waals surface area (Å²) in [6.45, 7) is 0. The molecule has 2 heteroatoms. The Morgan fingerprint density at radius 2 is 1.09 bits per heavy atom. The highest BCUT2D eigenvalue weighted by atomic mass is 32.1. The van der Waals surface area contributed by atoms with Crippen LogP contribution in [-0.2, 0) is 5.41 Å². The summed E-state index contributed by atoms with van der Waals surface area (Å²) in [5.41, 5.74) is 17.1. The smallest absolute Gasteiger partial charge is 0.0540 e. The summed E-state index contributed by atoms with van der Waals surface area (Å²) in [5, 5.41) is 2.63. The van der Waals surface area contributed by atoms with E-state index in [1.54, 1.807) is 11.1 Å². The molecule has 3 aliphatic rings. The summed E-state index contributed by atoms with van der Waals surface area (Å²) in [4.78, 5) is 2.47. The van der Waals surface area contributed by atoms with Crippen molar-refractivity contribution in [2.45, 2.75) is 31.1 Å². The normalized spacial score (nSPS) is 19.0. The molecule has 2 saturated carbocycles. The van der Waals surface area contributed by atoms with Crippen LogP contribution in [0.1, 0.15) is 36.8 Å². The Morgan fingerprint density at radius 1 is 0.439 bits per heavy atom. The molecular weight excluding hydrogens is 707 g/mol. The molecule has 0 saturated heterocycles. The average Bonchev–Trinajstić information content (AvgIpc) is 4.06. The maximum atomic E-state index is 2.56. The number of thiophene rings is 1. The number of benzene rings is 8. The molecule has 0 radical (unpaired) electrons. The van der Waals surface area contributed by atoms with Crippen LogP contribution < -0.4 is 4.90 Å². The van der Waals surface area contributed by atoms with Crippen molar-refractivity contribution in [2.75, 3.05) is 4.90 Å². The number of nitrogens with zero attached hydrogens (tertiary/aromatic N) is 1. The van der Waals surface area contributed by atoms with Crippen molar-refractivity contribution in [3.05, 3.63) is 199 Å². The molecule has 0 amide bonds. The molecule has 9 aromatic rings. The van der Waals surface area contributed by atoms with Gasteiger partial charge >= 0.3 is 0 Å². The van der Waals surface area contributed by atoms with Crippen LogP contribution in [0.15, 0.2) is 188 Å². The second kappa shape index (κ2) is 12.9. The first-order valence-electron chi connectivity index (χ1n) is 20.5. The lowest BCUT2D eigenvalue weighted by Gasteiger charge is -2.36. The maximum Gasteiger partial charge on any atom is 0.0540 e. The van der Waals surface area contributed by atoms with Gasteiger partial charge < -0.3 is 4.90 Å². The molecule has 2 bridgehead atoms. The fraction of sp³-hybridized carbons (Fsp3) is 0.127. The average molecular weight is 748 g/mol. The second-order valence-corrected chi connectivity index (χ2v) is 17.6. The highest BCUT2D eigenvalue weighted by Gasteiger charge is 2.56. The molecule has 1 aromatic heterocycles. The minimum absolute atomic E-state index is 0.173. The molecule has 0 aliphatic heterocycles. The third-order valence-corrected chi connectivity index (χ3v) is 14.7. The lowest BCUT2D eigenvalue weighted by molar-refractivity contribution is 0.327. The van der Waals surface area contributed by atoms with E-state index in [1.165, 1.54) is 90.4 Å². The molecule has 0 N–H and O–H groups in total. The van der Waals surface area contributed by atoms with Gasteiger partial charge in [-0.15, -0.1) is 11.3 Å². The number of rotatable bonds is 6. The summed E-state index contributed by atoms with van der Waals surface area (Å²) >= 11 is 1.87. The van der Waals surface area contributed by atoms with Crippen molar-refractivity contribution in [1.82, 2.24) is 0 Å². The summed E-state index contributed by atoms with van der Waals surface area (Å²) in [6.07, 6.45) is 5.44. The molecule has 3 unspecified atom stereocenters. The lowest BCUT2D eigenvalue weighted by Crippen LogP contribution is -2.31. The predicted molar refractivity (Wildman–Crippen MR) is 242 cm³/mol. The van der Waals surface area contributed by atoms with Gasteiger partial charge in [0.05, 0.1) is 5.69 Å². The fourth-order valence-electron chi connectivity index (χ4n) is 11.0.